The van der Waals surface area contributed by atoms with E-state index in [1.165, 1.54) is 29.3 Å². The van der Waals surface area contributed by atoms with E-state index in [0.717, 1.165) is 22.3 Å². The summed E-state index contributed by atoms with van der Waals surface area (Å²) in [6.07, 6.45) is -3.51. The third kappa shape index (κ3) is 4.81. The molecule has 3 N–H and O–H groups in total. The molecule has 37 heavy (non-hydrogen) atoms. The first-order valence-corrected chi connectivity index (χ1v) is 12.2. The van der Waals surface area contributed by atoms with Gasteiger partial charge < -0.3 is 25.0 Å². The van der Waals surface area contributed by atoms with Crippen molar-refractivity contribution in [2.24, 2.45) is 0 Å². The molecule has 0 radical (unpaired) electrons. The number of anilines is 1. The van der Waals surface area contributed by atoms with Gasteiger partial charge in [-0.3, -0.25) is 4.79 Å². The second kappa shape index (κ2) is 10.4. The quantitative estimate of drug-likeness (QED) is 0.312. The van der Waals surface area contributed by atoms with Crippen molar-refractivity contribution in [2.75, 3.05) is 19.0 Å². The zero-order valence-corrected chi connectivity index (χ0v) is 20.7. The lowest BCUT2D eigenvalue weighted by Crippen LogP contribution is -2.59. The van der Waals surface area contributed by atoms with Crippen LogP contribution in [0, 0.1) is 11.6 Å². The maximum Gasteiger partial charge on any atom is 0.256 e. The molecule has 0 saturated carbocycles. The fourth-order valence-electron chi connectivity index (χ4n) is 4.28. The van der Waals surface area contributed by atoms with Gasteiger partial charge in [0.05, 0.1) is 28.5 Å². The van der Waals surface area contributed by atoms with Gasteiger partial charge in [-0.15, -0.1) is 16.4 Å². The molecule has 2 aromatic heterocycles. The highest BCUT2D eigenvalue weighted by Crippen LogP contribution is 2.34. The minimum atomic E-state index is -1.36. The number of nitrogens with zero attached hydrogens (tertiary/aromatic N) is 4. The number of rotatable bonds is 6. The summed E-state index contributed by atoms with van der Waals surface area (Å²) in [6.45, 7) is -0.597. The van der Waals surface area contributed by atoms with E-state index in [0.29, 0.717) is 5.69 Å². The summed E-state index contributed by atoms with van der Waals surface area (Å²) in [5, 5.41) is 30.8. The van der Waals surface area contributed by atoms with E-state index in [9.17, 15) is 23.8 Å². The van der Waals surface area contributed by atoms with Crippen LogP contribution in [0.25, 0.3) is 21.5 Å². The number of hydrogen-bond donors (Lipinski definition) is 3. The molecular weight excluding hydrogens is 532 g/mol. The maximum absolute atomic E-state index is 14.0. The van der Waals surface area contributed by atoms with Crippen LogP contribution < -0.4 is 5.32 Å². The number of nitrogens with one attached hydrogen (secondary N) is 1. The Labute approximate surface area is 217 Å². The third-order valence-electron chi connectivity index (χ3n) is 6.09. The van der Waals surface area contributed by atoms with Crippen molar-refractivity contribution in [2.45, 2.75) is 30.5 Å². The molecule has 3 heterocycles. The van der Waals surface area contributed by atoms with Gasteiger partial charge in [-0.2, -0.15) is 0 Å². The third-order valence-corrected chi connectivity index (χ3v) is 7.24. The Morgan fingerprint density at radius 2 is 2.05 bits per heavy atom. The Morgan fingerprint density at radius 1 is 1.30 bits per heavy atom. The van der Waals surface area contributed by atoms with Crippen LogP contribution in [0.5, 0.6) is 0 Å². The number of carbonyl (C=O) groups excluding carboxylic acids is 1. The number of thiazole rings is 1. The Bertz CT molecular complexity index is 1430. The van der Waals surface area contributed by atoms with Crippen molar-refractivity contribution in [1.82, 2.24) is 20.0 Å². The topological polar surface area (TPSA) is 132 Å². The smallest absolute Gasteiger partial charge is 0.256 e. The number of benzene rings is 2. The fraction of sp³-hybridized carbons (Fsp3) is 0.304. The van der Waals surface area contributed by atoms with E-state index < -0.39 is 59.6 Å². The lowest BCUT2D eigenvalue weighted by Gasteiger charge is -2.42. The van der Waals surface area contributed by atoms with Crippen molar-refractivity contribution in [1.29, 1.82) is 0 Å². The molecule has 1 saturated heterocycles. The van der Waals surface area contributed by atoms with Crippen molar-refractivity contribution < 1.29 is 33.3 Å². The number of aliphatic hydroxyl groups is 2. The van der Waals surface area contributed by atoms with Crippen LogP contribution in [0.2, 0.25) is 5.02 Å². The van der Waals surface area contributed by atoms with E-state index in [4.69, 9.17) is 21.1 Å². The average molecular weight is 552 g/mol. The number of ether oxygens (including phenoxy) is 2. The Kier molecular flexibility index (Phi) is 7.16. The molecule has 0 spiro atoms. The molecule has 2 aromatic carbocycles. The van der Waals surface area contributed by atoms with E-state index in [2.05, 4.69) is 20.6 Å². The summed E-state index contributed by atoms with van der Waals surface area (Å²) >= 11 is 6.98. The molecule has 1 aliphatic heterocycles. The van der Waals surface area contributed by atoms with Crippen LogP contribution in [-0.4, -0.2) is 74.2 Å². The first-order valence-electron chi connectivity index (χ1n) is 11.0. The first kappa shape index (κ1) is 25.6. The van der Waals surface area contributed by atoms with E-state index in [1.54, 1.807) is 23.7 Å². The number of halogens is 3. The van der Waals surface area contributed by atoms with Gasteiger partial charge in [0.15, 0.2) is 6.10 Å². The van der Waals surface area contributed by atoms with Crippen LogP contribution >= 0.6 is 22.9 Å². The number of aliphatic hydroxyl groups excluding tert-OH is 2. The summed E-state index contributed by atoms with van der Waals surface area (Å²) in [6, 6.07) is 6.17. The van der Waals surface area contributed by atoms with Crippen molar-refractivity contribution >= 4 is 44.7 Å². The molecular formula is C23H20ClF2N5O5S. The predicted octanol–water partition coefficient (Wildman–Crippen LogP) is 2.80. The van der Waals surface area contributed by atoms with Gasteiger partial charge >= 0.3 is 0 Å². The number of fused-ring (bicyclic) bond motifs is 1. The highest BCUT2D eigenvalue weighted by molar-refractivity contribution is 7.16. The van der Waals surface area contributed by atoms with Gasteiger partial charge in [-0.05, 0) is 30.3 Å². The number of hydrogen-bond acceptors (Lipinski definition) is 9. The molecule has 14 heteroatoms. The molecule has 0 unspecified atom stereocenters. The average Bonchev–Trinajstić information content (AvgIpc) is 3.56. The van der Waals surface area contributed by atoms with E-state index in [1.807, 2.05) is 0 Å². The molecule has 5 atom stereocenters. The minimum absolute atomic E-state index is 0.0626. The van der Waals surface area contributed by atoms with Crippen LogP contribution in [0.3, 0.4) is 0 Å². The number of aromatic nitrogens is 4. The Morgan fingerprint density at radius 3 is 2.76 bits per heavy atom. The summed E-state index contributed by atoms with van der Waals surface area (Å²) < 4.78 is 41.3. The van der Waals surface area contributed by atoms with Gasteiger partial charge in [0, 0.05) is 18.4 Å². The SMILES string of the molecule is CO[C@@H]1[C@@H](n2cc(-c3cc(F)c(Cl)c(F)c3)nn2)[C@@H](O)[C@@H](CO)O[C@H]1C(=O)Nc1ccc2ncsc2c1. The van der Waals surface area contributed by atoms with E-state index >= 15 is 0 Å². The standard InChI is InChI=1S/C23H20ClF2N5O5S/c1-35-21-19(31-7-15(29-30-31)10-4-12(25)18(24)13(26)5-10)20(33)16(8-32)36-22(21)23(34)28-11-2-3-14-17(6-11)37-9-27-14/h2-7,9,16,19-22,32-33H,8H2,1H3,(H,28,34)/t16-,19+,20+,21-,22-/m1/s1. The summed E-state index contributed by atoms with van der Waals surface area (Å²) in [7, 11) is 1.33. The molecule has 194 valence electrons. The van der Waals surface area contributed by atoms with Crippen molar-refractivity contribution in [3.05, 3.63) is 58.7 Å². The van der Waals surface area contributed by atoms with Crippen LogP contribution in [0.4, 0.5) is 14.5 Å². The summed E-state index contributed by atoms with van der Waals surface area (Å²) in [5.74, 6) is -2.52. The van der Waals surface area contributed by atoms with Crippen molar-refractivity contribution in [3.63, 3.8) is 0 Å². The molecule has 1 fully saturated rings. The monoisotopic (exact) mass is 551 g/mol. The second-order valence-electron chi connectivity index (χ2n) is 8.32. The molecule has 5 rings (SSSR count). The Hall–Kier alpha value is -3.07. The van der Waals surface area contributed by atoms with Gasteiger partial charge in [0.1, 0.15) is 46.7 Å². The van der Waals surface area contributed by atoms with Gasteiger partial charge in [-0.1, -0.05) is 16.8 Å². The highest BCUT2D eigenvalue weighted by Gasteiger charge is 2.49. The van der Waals surface area contributed by atoms with Gasteiger partial charge in [0.2, 0.25) is 0 Å². The first-order chi connectivity index (χ1) is 17.8. The molecule has 0 bridgehead atoms. The molecule has 1 amide bonds. The lowest BCUT2D eigenvalue weighted by molar-refractivity contribution is -0.210. The largest absolute Gasteiger partial charge is 0.394 e. The van der Waals surface area contributed by atoms with Crippen LogP contribution in [-0.2, 0) is 14.3 Å². The number of carbonyl (C=O) groups is 1. The maximum atomic E-state index is 14.0. The van der Waals surface area contributed by atoms with Crippen molar-refractivity contribution in [3.8, 4) is 11.3 Å². The van der Waals surface area contributed by atoms with Gasteiger partial charge in [0.25, 0.3) is 5.91 Å². The highest BCUT2D eigenvalue weighted by atomic mass is 35.5. The van der Waals surface area contributed by atoms with Gasteiger partial charge in [-0.25, -0.2) is 18.4 Å². The lowest BCUT2D eigenvalue weighted by atomic mass is 9.92. The normalized spacial score (nSPS) is 23.9. The Balaban J connectivity index is 1.45. The molecule has 0 aliphatic carbocycles. The molecule has 4 aromatic rings. The van der Waals surface area contributed by atoms with E-state index in [-0.39, 0.29) is 11.3 Å². The predicted molar refractivity (Wildman–Crippen MR) is 130 cm³/mol. The zero-order chi connectivity index (χ0) is 26.3. The molecule has 10 nitrogen and oxygen atoms in total. The fourth-order valence-corrected chi connectivity index (χ4v) is 5.10. The van der Waals surface area contributed by atoms with Crippen LogP contribution in [0.15, 0.2) is 42.0 Å². The number of methoxy groups -OCH3 is 1. The zero-order valence-electron chi connectivity index (χ0n) is 19.1. The molecule has 1 aliphatic rings. The van der Waals surface area contributed by atoms with Crippen LogP contribution in [0.1, 0.15) is 6.04 Å². The second-order valence-corrected chi connectivity index (χ2v) is 9.59. The summed E-state index contributed by atoms with van der Waals surface area (Å²) in [5.41, 5.74) is 3.13. The summed E-state index contributed by atoms with van der Waals surface area (Å²) in [4.78, 5) is 17.5. The number of amides is 1. The minimum Gasteiger partial charge on any atom is -0.394 e.